The summed E-state index contributed by atoms with van der Waals surface area (Å²) in [6.07, 6.45) is 13.5. The lowest BCUT2D eigenvalue weighted by Gasteiger charge is -2.02. The zero-order valence-corrected chi connectivity index (χ0v) is 11.5. The highest BCUT2D eigenvalue weighted by atomic mass is 32.1. The molecule has 0 aromatic carbocycles. The van der Waals surface area contributed by atoms with E-state index in [2.05, 4.69) is 24.5 Å². The average molecular weight is 243 g/mol. The molecule has 0 aromatic heterocycles. The molecule has 0 aliphatic carbocycles. The first kappa shape index (κ1) is 15.7. The largest absolute Gasteiger partial charge is 0.375 e. The maximum Gasteiger partial charge on any atom is 0.185 e. The summed E-state index contributed by atoms with van der Waals surface area (Å²) in [6, 6.07) is 0. The zero-order valence-electron chi connectivity index (χ0n) is 10.7. The second kappa shape index (κ2) is 12.8. The van der Waals surface area contributed by atoms with Crippen molar-refractivity contribution in [1.29, 1.82) is 0 Å². The van der Waals surface area contributed by atoms with Crippen molar-refractivity contribution in [2.24, 2.45) is 5.73 Å². The number of hydrogen-bond acceptors (Lipinski definition) is 1. The van der Waals surface area contributed by atoms with Crippen LogP contribution in [0.4, 0.5) is 0 Å². The Balaban J connectivity index is 2.90. The molecule has 16 heavy (non-hydrogen) atoms. The van der Waals surface area contributed by atoms with Crippen molar-refractivity contribution < 1.29 is 0 Å². The van der Waals surface area contributed by atoms with Gasteiger partial charge in [-0.15, -0.1) is 0 Å². The van der Waals surface area contributed by atoms with E-state index in [9.17, 15) is 0 Å². The minimum atomic E-state index is 0.302. The molecule has 0 unspecified atom stereocenters. The molecule has 0 fully saturated rings. The highest BCUT2D eigenvalue weighted by Gasteiger charge is 1.93. The van der Waals surface area contributed by atoms with E-state index in [4.69, 9.17) is 5.73 Å². The van der Waals surface area contributed by atoms with Gasteiger partial charge in [0.1, 0.15) is 0 Å². The van der Waals surface area contributed by atoms with Crippen LogP contribution in [-0.4, -0.2) is 11.7 Å². The van der Waals surface area contributed by atoms with Crippen LogP contribution >= 0.6 is 12.2 Å². The van der Waals surface area contributed by atoms with Crippen LogP contribution in [0, 0.1) is 0 Å². The molecule has 1 radical (unpaired) electrons. The van der Waals surface area contributed by atoms with Crippen molar-refractivity contribution in [3.8, 4) is 0 Å². The minimum Gasteiger partial charge on any atom is -0.375 e. The van der Waals surface area contributed by atoms with Gasteiger partial charge in [-0.3, -0.25) is 5.32 Å². The number of unbranched alkanes of at least 4 members (excludes halogenated alkanes) is 9. The molecule has 0 atom stereocenters. The molecule has 0 rings (SSSR count). The Morgan fingerprint density at radius 1 is 0.875 bits per heavy atom. The van der Waals surface area contributed by atoms with E-state index in [1.54, 1.807) is 0 Å². The van der Waals surface area contributed by atoms with Gasteiger partial charge in [0.15, 0.2) is 5.11 Å². The second-order valence-corrected chi connectivity index (χ2v) is 4.82. The molecule has 95 valence electrons. The van der Waals surface area contributed by atoms with E-state index in [0.717, 1.165) is 13.0 Å². The molecule has 3 heteroatoms. The number of thiocarbonyl (C=S) groups is 1. The summed E-state index contributed by atoms with van der Waals surface area (Å²) < 4.78 is 0. The first-order valence-corrected chi connectivity index (χ1v) is 7.15. The Morgan fingerprint density at radius 2 is 1.31 bits per heavy atom. The maximum absolute atomic E-state index is 5.28. The van der Waals surface area contributed by atoms with Crippen LogP contribution in [0.15, 0.2) is 0 Å². The van der Waals surface area contributed by atoms with E-state index in [1.807, 2.05) is 0 Å². The van der Waals surface area contributed by atoms with Crippen molar-refractivity contribution in [1.82, 2.24) is 5.32 Å². The zero-order chi connectivity index (χ0) is 12.1. The molecular formula is C13H27N2S. The van der Waals surface area contributed by atoms with Gasteiger partial charge in [0.25, 0.3) is 0 Å². The second-order valence-electron chi connectivity index (χ2n) is 4.40. The average Bonchev–Trinajstić information content (AvgIpc) is 2.25. The summed E-state index contributed by atoms with van der Waals surface area (Å²) in [5, 5.41) is 4.30. The molecule has 0 aliphatic heterocycles. The van der Waals surface area contributed by atoms with E-state index < -0.39 is 0 Å². The lowest BCUT2D eigenvalue weighted by molar-refractivity contribution is 0.554. The minimum absolute atomic E-state index is 0.302. The van der Waals surface area contributed by atoms with Crippen LogP contribution in [0.2, 0.25) is 0 Å². The SMILES string of the molecule is CCCCCCCCCCCC[N]C(N)=S. The quantitative estimate of drug-likeness (QED) is 0.443. The van der Waals surface area contributed by atoms with Crippen molar-refractivity contribution in [2.45, 2.75) is 71.1 Å². The normalized spacial score (nSPS) is 10.3. The third kappa shape index (κ3) is 13.7. The Morgan fingerprint density at radius 3 is 1.75 bits per heavy atom. The fraction of sp³-hybridized carbons (Fsp3) is 0.923. The summed E-state index contributed by atoms with van der Waals surface area (Å²) in [4.78, 5) is 0. The van der Waals surface area contributed by atoms with Gasteiger partial charge in [0, 0.05) is 6.54 Å². The van der Waals surface area contributed by atoms with Gasteiger partial charge in [0.2, 0.25) is 0 Å². The number of nitrogens with zero attached hydrogens (tertiary/aromatic N) is 1. The summed E-state index contributed by atoms with van der Waals surface area (Å²) in [6.45, 7) is 3.07. The molecular weight excluding hydrogens is 216 g/mol. The summed E-state index contributed by atoms with van der Waals surface area (Å²) in [5.74, 6) is 0. The predicted molar refractivity (Wildman–Crippen MR) is 75.6 cm³/mol. The van der Waals surface area contributed by atoms with E-state index in [-0.39, 0.29) is 0 Å². The fourth-order valence-corrected chi connectivity index (χ4v) is 1.88. The molecule has 2 nitrogen and oxygen atoms in total. The molecule has 0 amide bonds. The Labute approximate surface area is 106 Å². The Hall–Kier alpha value is -0.310. The van der Waals surface area contributed by atoms with Crippen molar-refractivity contribution >= 4 is 17.3 Å². The van der Waals surface area contributed by atoms with Crippen LogP contribution in [0.1, 0.15) is 71.1 Å². The van der Waals surface area contributed by atoms with Gasteiger partial charge in [0.05, 0.1) is 0 Å². The van der Waals surface area contributed by atoms with Crippen LogP contribution in [-0.2, 0) is 0 Å². The molecule has 0 spiro atoms. The van der Waals surface area contributed by atoms with Gasteiger partial charge in [-0.25, -0.2) is 0 Å². The van der Waals surface area contributed by atoms with Crippen molar-refractivity contribution in [3.63, 3.8) is 0 Å². The Bertz CT molecular complexity index is 160. The maximum atomic E-state index is 5.28. The van der Waals surface area contributed by atoms with Gasteiger partial charge >= 0.3 is 0 Å². The molecule has 2 N–H and O–H groups in total. The van der Waals surface area contributed by atoms with Crippen molar-refractivity contribution in [3.05, 3.63) is 0 Å². The van der Waals surface area contributed by atoms with Gasteiger partial charge < -0.3 is 5.73 Å². The van der Waals surface area contributed by atoms with Crippen molar-refractivity contribution in [2.75, 3.05) is 6.54 Å². The molecule has 0 heterocycles. The predicted octanol–water partition coefficient (Wildman–Crippen LogP) is 3.76. The number of nitrogens with two attached hydrogens (primary N) is 1. The number of rotatable bonds is 11. The van der Waals surface area contributed by atoms with Crippen LogP contribution in [0.25, 0.3) is 0 Å². The topological polar surface area (TPSA) is 40.1 Å². The molecule has 0 saturated carbocycles. The standard InChI is InChI=1S/C13H27N2S/c1-2-3-4-5-6-7-8-9-10-11-12-15-13(14)16/h2-12H2,1H3,(H2,14,16). The van der Waals surface area contributed by atoms with E-state index in [0.29, 0.717) is 5.11 Å². The third-order valence-electron chi connectivity index (χ3n) is 2.78. The molecule has 0 bridgehead atoms. The van der Waals surface area contributed by atoms with E-state index in [1.165, 1.54) is 57.8 Å². The first-order chi connectivity index (χ1) is 7.77. The number of hydrogen-bond donors (Lipinski definition) is 1. The fourth-order valence-electron chi connectivity index (χ4n) is 1.79. The third-order valence-corrected chi connectivity index (χ3v) is 2.91. The highest BCUT2D eigenvalue weighted by molar-refractivity contribution is 7.80. The monoisotopic (exact) mass is 243 g/mol. The first-order valence-electron chi connectivity index (χ1n) is 6.74. The lowest BCUT2D eigenvalue weighted by atomic mass is 10.1. The van der Waals surface area contributed by atoms with Gasteiger partial charge in [-0.05, 0) is 18.6 Å². The lowest BCUT2D eigenvalue weighted by Crippen LogP contribution is -2.22. The molecule has 0 aromatic rings. The van der Waals surface area contributed by atoms with Crippen LogP contribution < -0.4 is 11.1 Å². The summed E-state index contributed by atoms with van der Waals surface area (Å²) in [5.41, 5.74) is 5.28. The van der Waals surface area contributed by atoms with Gasteiger partial charge in [-0.1, -0.05) is 64.7 Å². The Kier molecular flexibility index (Phi) is 12.5. The molecule has 0 aliphatic rings. The van der Waals surface area contributed by atoms with Crippen LogP contribution in [0.5, 0.6) is 0 Å². The molecule has 0 saturated heterocycles. The van der Waals surface area contributed by atoms with E-state index >= 15 is 0 Å². The summed E-state index contributed by atoms with van der Waals surface area (Å²) >= 11 is 4.68. The smallest absolute Gasteiger partial charge is 0.185 e. The highest BCUT2D eigenvalue weighted by Crippen LogP contribution is 2.10. The van der Waals surface area contributed by atoms with Crippen LogP contribution in [0.3, 0.4) is 0 Å². The van der Waals surface area contributed by atoms with Gasteiger partial charge in [-0.2, -0.15) is 0 Å². The summed E-state index contributed by atoms with van der Waals surface area (Å²) in [7, 11) is 0.